The molecule has 0 saturated heterocycles. The fourth-order valence-corrected chi connectivity index (χ4v) is 2.93. The summed E-state index contributed by atoms with van der Waals surface area (Å²) in [4.78, 5) is 4.67. The van der Waals surface area contributed by atoms with Gasteiger partial charge in [0.2, 0.25) is 0 Å². The molecule has 0 radical (unpaired) electrons. The van der Waals surface area contributed by atoms with E-state index in [0.29, 0.717) is 5.92 Å². The fraction of sp³-hybridized carbons (Fsp3) is 0.611. The minimum atomic E-state index is 0.520. The zero-order valence-corrected chi connectivity index (χ0v) is 13.2. The van der Waals surface area contributed by atoms with Crippen LogP contribution >= 0.6 is 0 Å². The van der Waals surface area contributed by atoms with Crippen LogP contribution in [-0.2, 0) is 0 Å². The highest BCUT2D eigenvalue weighted by Gasteiger charge is 2.12. The Labute approximate surface area is 123 Å². The van der Waals surface area contributed by atoms with E-state index in [2.05, 4.69) is 42.4 Å². The molecular formula is C18H28N2. The molecule has 1 fully saturated rings. The summed E-state index contributed by atoms with van der Waals surface area (Å²) in [5, 5.41) is 3.19. The molecule has 1 atom stereocenters. The highest BCUT2D eigenvalue weighted by atomic mass is 14.8. The smallest absolute Gasteiger partial charge is 0.0530 e. The predicted octanol–water partition coefficient (Wildman–Crippen LogP) is 5.23. The molecule has 1 heterocycles. The Morgan fingerprint density at radius 3 is 2.75 bits per heavy atom. The molecule has 1 unspecified atom stereocenters. The topological polar surface area (TPSA) is 24.9 Å². The lowest BCUT2D eigenvalue weighted by Crippen LogP contribution is -2.04. The fourth-order valence-electron chi connectivity index (χ4n) is 2.93. The molecule has 1 aromatic rings. The summed E-state index contributed by atoms with van der Waals surface area (Å²) in [6.45, 7) is 4.49. The van der Waals surface area contributed by atoms with Gasteiger partial charge in [0.05, 0.1) is 17.6 Å². The van der Waals surface area contributed by atoms with Crippen LogP contribution in [0.2, 0.25) is 0 Å². The van der Waals surface area contributed by atoms with Gasteiger partial charge in [0.25, 0.3) is 0 Å². The first-order valence-electron chi connectivity index (χ1n) is 8.10. The lowest BCUT2D eigenvalue weighted by molar-refractivity contribution is 0.420. The molecule has 0 spiro atoms. The molecule has 1 aliphatic rings. The lowest BCUT2D eigenvalue weighted by atomic mass is 9.88. The summed E-state index contributed by atoms with van der Waals surface area (Å²) in [5.41, 5.74) is 3.62. The first kappa shape index (κ1) is 15.1. The van der Waals surface area contributed by atoms with Crippen LogP contribution in [0.15, 0.2) is 18.3 Å². The van der Waals surface area contributed by atoms with Crippen LogP contribution < -0.4 is 5.32 Å². The van der Waals surface area contributed by atoms with Gasteiger partial charge in [-0.05, 0) is 42.7 Å². The Morgan fingerprint density at radius 1 is 1.35 bits per heavy atom. The van der Waals surface area contributed by atoms with Crippen molar-refractivity contribution in [3.63, 3.8) is 0 Å². The van der Waals surface area contributed by atoms with Crippen molar-refractivity contribution in [2.45, 2.75) is 58.3 Å². The molecule has 2 heteroatoms. The highest BCUT2D eigenvalue weighted by molar-refractivity contribution is 5.59. The van der Waals surface area contributed by atoms with E-state index in [1.807, 2.05) is 13.2 Å². The number of hydrogen-bond donors (Lipinski definition) is 1. The molecule has 0 aliphatic heterocycles. The number of hydrogen-bond acceptors (Lipinski definition) is 2. The van der Waals surface area contributed by atoms with Gasteiger partial charge in [-0.1, -0.05) is 45.3 Å². The van der Waals surface area contributed by atoms with E-state index < -0.39 is 0 Å². The number of nitrogens with one attached hydrogen (secondary N) is 1. The minimum absolute atomic E-state index is 0.520. The minimum Gasteiger partial charge on any atom is -0.387 e. The van der Waals surface area contributed by atoms with Gasteiger partial charge in [0.1, 0.15) is 0 Å². The van der Waals surface area contributed by atoms with Gasteiger partial charge in [-0.3, -0.25) is 4.98 Å². The number of allylic oxidation sites excluding steroid dienone is 1. The molecule has 1 saturated carbocycles. The van der Waals surface area contributed by atoms with Crippen LogP contribution in [0.25, 0.3) is 6.08 Å². The van der Waals surface area contributed by atoms with E-state index in [-0.39, 0.29) is 0 Å². The monoisotopic (exact) mass is 272 g/mol. The van der Waals surface area contributed by atoms with Gasteiger partial charge < -0.3 is 5.32 Å². The van der Waals surface area contributed by atoms with Crippen LogP contribution in [0.5, 0.6) is 0 Å². The molecule has 1 aliphatic carbocycles. The number of rotatable bonds is 5. The third-order valence-electron chi connectivity index (χ3n) is 4.52. The summed E-state index contributed by atoms with van der Waals surface area (Å²) < 4.78 is 0. The molecule has 2 nitrogen and oxygen atoms in total. The maximum absolute atomic E-state index is 4.67. The molecule has 1 N–H and O–H groups in total. The van der Waals surface area contributed by atoms with Crippen LogP contribution in [0.1, 0.15) is 69.5 Å². The molecule has 0 aromatic carbocycles. The zero-order chi connectivity index (χ0) is 14.4. The van der Waals surface area contributed by atoms with Gasteiger partial charge in [-0.2, -0.15) is 0 Å². The Bertz CT molecular complexity index is 445. The van der Waals surface area contributed by atoms with E-state index in [9.17, 15) is 0 Å². The molecule has 0 bridgehead atoms. The first-order valence-corrected chi connectivity index (χ1v) is 8.10. The van der Waals surface area contributed by atoms with Crippen molar-refractivity contribution < 1.29 is 0 Å². The zero-order valence-electron chi connectivity index (χ0n) is 13.2. The van der Waals surface area contributed by atoms with Crippen molar-refractivity contribution in [2.24, 2.45) is 5.92 Å². The van der Waals surface area contributed by atoms with Crippen molar-refractivity contribution in [3.05, 3.63) is 29.6 Å². The lowest BCUT2D eigenvalue weighted by Gasteiger charge is -2.18. The van der Waals surface area contributed by atoms with Crippen LogP contribution in [0.4, 0.5) is 5.69 Å². The number of nitrogens with zero attached hydrogens (tertiary/aromatic N) is 1. The van der Waals surface area contributed by atoms with Crippen molar-refractivity contribution in [3.8, 4) is 0 Å². The van der Waals surface area contributed by atoms with Gasteiger partial charge in [-0.15, -0.1) is 0 Å². The largest absolute Gasteiger partial charge is 0.387 e. The quantitative estimate of drug-likeness (QED) is 0.793. The van der Waals surface area contributed by atoms with Crippen LogP contribution in [0.3, 0.4) is 0 Å². The number of aromatic nitrogens is 1. The number of anilines is 1. The maximum atomic E-state index is 4.67. The first-order chi connectivity index (χ1) is 9.74. The van der Waals surface area contributed by atoms with E-state index in [1.165, 1.54) is 43.4 Å². The van der Waals surface area contributed by atoms with Gasteiger partial charge >= 0.3 is 0 Å². The SMILES string of the molecule is CCC(C)c1ncc(NC)cc1/C=C/C1CCCCC1. The van der Waals surface area contributed by atoms with Crippen molar-refractivity contribution in [2.75, 3.05) is 12.4 Å². The third-order valence-corrected chi connectivity index (χ3v) is 4.52. The van der Waals surface area contributed by atoms with Crippen LogP contribution in [0, 0.1) is 5.92 Å². The van der Waals surface area contributed by atoms with Crippen molar-refractivity contribution in [1.29, 1.82) is 0 Å². The predicted molar refractivity (Wildman–Crippen MR) is 88.1 cm³/mol. The molecule has 110 valence electrons. The molecular weight excluding hydrogens is 244 g/mol. The van der Waals surface area contributed by atoms with E-state index in [4.69, 9.17) is 0 Å². The Morgan fingerprint density at radius 2 is 2.10 bits per heavy atom. The Hall–Kier alpha value is -1.31. The third kappa shape index (κ3) is 3.84. The average molecular weight is 272 g/mol. The normalized spacial score (nSPS) is 18.4. The Balaban J connectivity index is 2.20. The molecule has 20 heavy (non-hydrogen) atoms. The van der Waals surface area contributed by atoms with Crippen molar-refractivity contribution >= 4 is 11.8 Å². The maximum Gasteiger partial charge on any atom is 0.0530 e. The highest BCUT2D eigenvalue weighted by Crippen LogP contribution is 2.28. The Kier molecular flexibility index (Phi) is 5.63. The standard InChI is InChI=1S/C18H28N2/c1-4-14(2)18-16(12-17(19-3)13-20-18)11-10-15-8-6-5-7-9-15/h10-15,19H,4-9H2,1-3H3/b11-10+. The summed E-state index contributed by atoms with van der Waals surface area (Å²) in [5.74, 6) is 1.29. The number of pyridine rings is 1. The molecule has 2 rings (SSSR count). The molecule has 0 amide bonds. The van der Waals surface area contributed by atoms with Crippen LogP contribution in [-0.4, -0.2) is 12.0 Å². The van der Waals surface area contributed by atoms with Gasteiger partial charge in [0.15, 0.2) is 0 Å². The summed E-state index contributed by atoms with van der Waals surface area (Å²) >= 11 is 0. The summed E-state index contributed by atoms with van der Waals surface area (Å²) in [6.07, 6.45) is 14.7. The summed E-state index contributed by atoms with van der Waals surface area (Å²) in [6, 6.07) is 2.23. The van der Waals surface area contributed by atoms with E-state index in [1.54, 1.807) is 0 Å². The second kappa shape index (κ2) is 7.47. The van der Waals surface area contributed by atoms with E-state index in [0.717, 1.165) is 18.0 Å². The van der Waals surface area contributed by atoms with E-state index >= 15 is 0 Å². The average Bonchev–Trinajstić information content (AvgIpc) is 2.52. The molecule has 1 aromatic heterocycles. The van der Waals surface area contributed by atoms with Crippen molar-refractivity contribution in [1.82, 2.24) is 4.98 Å². The summed E-state index contributed by atoms with van der Waals surface area (Å²) in [7, 11) is 1.95. The van der Waals surface area contributed by atoms with Gasteiger partial charge in [0, 0.05) is 7.05 Å². The second-order valence-corrected chi connectivity index (χ2v) is 6.01. The van der Waals surface area contributed by atoms with Gasteiger partial charge in [-0.25, -0.2) is 0 Å². The second-order valence-electron chi connectivity index (χ2n) is 6.01.